The normalized spacial score (nSPS) is 13.1. The first kappa shape index (κ1) is 21.3. The molecular formula is C24H17N3O4S2. The van der Waals surface area contributed by atoms with Crippen LogP contribution < -0.4 is 4.90 Å². The predicted octanol–water partition coefficient (Wildman–Crippen LogP) is 5.91. The molecule has 3 aromatic carbocycles. The highest BCUT2D eigenvalue weighted by atomic mass is 32.2. The van der Waals surface area contributed by atoms with Gasteiger partial charge in [-0.3, -0.25) is 19.7 Å². The number of aryl methyl sites for hydroxylation is 2. The van der Waals surface area contributed by atoms with Crippen molar-refractivity contribution in [3.63, 3.8) is 0 Å². The first-order valence-corrected chi connectivity index (χ1v) is 11.9. The summed E-state index contributed by atoms with van der Waals surface area (Å²) in [4.78, 5) is 42.2. The standard InChI is InChI=1S/C24H17N3O4S2/c1-13-6-7-15(14(2)10-13)12-32-24-25-18-9-8-16(11-20(18)33-24)26-22(28)17-4-3-5-19(27(30)31)21(17)23(26)29/h3-11H,12H2,1-2H3. The van der Waals surface area contributed by atoms with Gasteiger partial charge in [0.15, 0.2) is 4.34 Å². The van der Waals surface area contributed by atoms with E-state index in [9.17, 15) is 19.7 Å². The summed E-state index contributed by atoms with van der Waals surface area (Å²) in [6, 6.07) is 15.6. The fourth-order valence-electron chi connectivity index (χ4n) is 3.89. The highest BCUT2D eigenvalue weighted by molar-refractivity contribution is 8.00. The van der Waals surface area contributed by atoms with E-state index in [2.05, 4.69) is 37.0 Å². The number of aromatic nitrogens is 1. The number of benzene rings is 3. The van der Waals surface area contributed by atoms with Gasteiger partial charge in [-0.1, -0.05) is 41.6 Å². The maximum absolute atomic E-state index is 13.0. The number of amides is 2. The molecule has 1 aliphatic heterocycles. The van der Waals surface area contributed by atoms with Gasteiger partial charge in [0, 0.05) is 11.8 Å². The number of hydrogen-bond donors (Lipinski definition) is 0. The molecule has 0 N–H and O–H groups in total. The third kappa shape index (κ3) is 3.69. The molecule has 7 nitrogen and oxygen atoms in total. The Morgan fingerprint density at radius 2 is 1.88 bits per heavy atom. The highest BCUT2D eigenvalue weighted by Crippen LogP contribution is 2.37. The van der Waals surface area contributed by atoms with E-state index in [1.807, 2.05) is 0 Å². The number of nitrogens with zero attached hydrogens (tertiary/aromatic N) is 3. The maximum atomic E-state index is 13.0. The molecule has 4 aromatic rings. The molecule has 0 saturated carbocycles. The van der Waals surface area contributed by atoms with E-state index in [1.165, 1.54) is 46.2 Å². The summed E-state index contributed by atoms with van der Waals surface area (Å²) in [5.74, 6) is -0.455. The summed E-state index contributed by atoms with van der Waals surface area (Å²) in [6.07, 6.45) is 0. The van der Waals surface area contributed by atoms with Crippen molar-refractivity contribution >= 4 is 56.5 Å². The number of carbonyl (C=O) groups excluding carboxylic acids is 2. The zero-order valence-electron chi connectivity index (χ0n) is 17.7. The first-order chi connectivity index (χ1) is 15.8. The van der Waals surface area contributed by atoms with E-state index in [4.69, 9.17) is 0 Å². The second-order valence-electron chi connectivity index (χ2n) is 7.75. The maximum Gasteiger partial charge on any atom is 0.283 e. The molecule has 0 fully saturated rings. The Balaban J connectivity index is 1.43. The minimum atomic E-state index is -0.685. The van der Waals surface area contributed by atoms with Gasteiger partial charge < -0.3 is 0 Å². The second-order valence-corrected chi connectivity index (χ2v) is 10.0. The van der Waals surface area contributed by atoms with Crippen molar-refractivity contribution in [1.82, 2.24) is 4.98 Å². The van der Waals surface area contributed by atoms with Crippen LogP contribution in [0.25, 0.3) is 10.2 Å². The summed E-state index contributed by atoms with van der Waals surface area (Å²) < 4.78 is 1.72. The molecule has 2 amide bonds. The SMILES string of the molecule is Cc1ccc(CSc2nc3ccc(N4C(=O)c5cccc([N+](=O)[O-])c5C4=O)cc3s2)c(C)c1. The van der Waals surface area contributed by atoms with Gasteiger partial charge in [0.2, 0.25) is 0 Å². The number of thiazole rings is 1. The van der Waals surface area contributed by atoms with Crippen molar-refractivity contribution in [2.75, 3.05) is 4.90 Å². The highest BCUT2D eigenvalue weighted by Gasteiger charge is 2.41. The molecule has 164 valence electrons. The van der Waals surface area contributed by atoms with E-state index in [1.54, 1.807) is 30.0 Å². The largest absolute Gasteiger partial charge is 0.283 e. The molecule has 33 heavy (non-hydrogen) atoms. The van der Waals surface area contributed by atoms with Crippen LogP contribution in [0.3, 0.4) is 0 Å². The lowest BCUT2D eigenvalue weighted by Gasteiger charge is -2.13. The lowest BCUT2D eigenvalue weighted by Crippen LogP contribution is -2.29. The molecule has 1 aromatic heterocycles. The Hall–Kier alpha value is -3.56. The van der Waals surface area contributed by atoms with Crippen LogP contribution in [0.5, 0.6) is 0 Å². The molecule has 0 atom stereocenters. The summed E-state index contributed by atoms with van der Waals surface area (Å²) in [5, 5.41) is 11.3. The van der Waals surface area contributed by atoms with Crippen molar-refractivity contribution < 1.29 is 14.5 Å². The quantitative estimate of drug-likeness (QED) is 0.154. The average molecular weight is 476 g/mol. The topological polar surface area (TPSA) is 93.4 Å². The van der Waals surface area contributed by atoms with Crippen LogP contribution >= 0.6 is 23.1 Å². The van der Waals surface area contributed by atoms with E-state index < -0.39 is 16.7 Å². The number of imide groups is 1. The lowest BCUT2D eigenvalue weighted by molar-refractivity contribution is -0.385. The van der Waals surface area contributed by atoms with Gasteiger partial charge in [0.25, 0.3) is 17.5 Å². The van der Waals surface area contributed by atoms with Gasteiger partial charge in [-0.15, -0.1) is 11.3 Å². The third-order valence-electron chi connectivity index (χ3n) is 5.55. The minimum Gasteiger partial charge on any atom is -0.268 e. The van der Waals surface area contributed by atoms with Crippen molar-refractivity contribution in [1.29, 1.82) is 0 Å². The molecule has 0 bridgehead atoms. The summed E-state index contributed by atoms with van der Waals surface area (Å²) in [5.41, 5.74) is 4.38. The fraction of sp³-hybridized carbons (Fsp3) is 0.125. The van der Waals surface area contributed by atoms with Gasteiger partial charge >= 0.3 is 0 Å². The second kappa shape index (κ2) is 8.09. The zero-order valence-corrected chi connectivity index (χ0v) is 19.3. The van der Waals surface area contributed by atoms with Crippen molar-refractivity contribution in [2.45, 2.75) is 23.9 Å². The van der Waals surface area contributed by atoms with Gasteiger partial charge in [-0.05, 0) is 49.2 Å². The Kier molecular flexibility index (Phi) is 5.22. The van der Waals surface area contributed by atoms with Gasteiger partial charge in [-0.2, -0.15) is 0 Å². The predicted molar refractivity (Wildman–Crippen MR) is 129 cm³/mol. The van der Waals surface area contributed by atoms with Crippen molar-refractivity contribution in [3.05, 3.63) is 92.5 Å². The number of nitro benzene ring substituents is 1. The van der Waals surface area contributed by atoms with E-state index in [0.717, 1.165) is 25.2 Å². The number of hydrogen-bond acceptors (Lipinski definition) is 7. The number of fused-ring (bicyclic) bond motifs is 2. The Morgan fingerprint density at radius 3 is 2.64 bits per heavy atom. The molecule has 0 unspecified atom stereocenters. The van der Waals surface area contributed by atoms with Crippen LogP contribution in [-0.2, 0) is 5.75 Å². The van der Waals surface area contributed by atoms with E-state index in [0.29, 0.717) is 5.69 Å². The van der Waals surface area contributed by atoms with Crippen molar-refractivity contribution in [2.24, 2.45) is 0 Å². The van der Waals surface area contributed by atoms with Crippen LogP contribution in [0.1, 0.15) is 37.4 Å². The molecule has 0 saturated heterocycles. The number of thioether (sulfide) groups is 1. The molecule has 0 aliphatic carbocycles. The summed E-state index contributed by atoms with van der Waals surface area (Å²) in [6.45, 7) is 4.17. The third-order valence-corrected chi connectivity index (χ3v) is 7.76. The van der Waals surface area contributed by atoms with Crippen LogP contribution in [0.2, 0.25) is 0 Å². The molecule has 0 spiro atoms. The Morgan fingerprint density at radius 1 is 1.06 bits per heavy atom. The monoisotopic (exact) mass is 475 g/mol. The van der Waals surface area contributed by atoms with Gasteiger partial charge in [-0.25, -0.2) is 9.88 Å². The number of anilines is 1. The summed E-state index contributed by atoms with van der Waals surface area (Å²) >= 11 is 3.13. The zero-order chi connectivity index (χ0) is 23.3. The molecule has 9 heteroatoms. The molecular weight excluding hydrogens is 458 g/mol. The van der Waals surface area contributed by atoms with Crippen LogP contribution in [0, 0.1) is 24.0 Å². The Labute approximate surface area is 197 Å². The minimum absolute atomic E-state index is 0.0447. The smallest absolute Gasteiger partial charge is 0.268 e. The number of nitro groups is 1. The van der Waals surface area contributed by atoms with Gasteiger partial charge in [0.1, 0.15) is 5.56 Å². The number of carbonyl (C=O) groups is 2. The summed E-state index contributed by atoms with van der Waals surface area (Å²) in [7, 11) is 0. The van der Waals surface area contributed by atoms with Crippen LogP contribution in [0.4, 0.5) is 11.4 Å². The average Bonchev–Trinajstić information content (AvgIpc) is 3.30. The molecule has 1 aliphatic rings. The van der Waals surface area contributed by atoms with Crippen LogP contribution in [0.15, 0.2) is 58.9 Å². The van der Waals surface area contributed by atoms with Gasteiger partial charge in [0.05, 0.1) is 26.4 Å². The Bertz CT molecular complexity index is 1480. The van der Waals surface area contributed by atoms with E-state index >= 15 is 0 Å². The fourth-order valence-corrected chi connectivity index (χ4v) is 6.07. The molecule has 2 heterocycles. The molecule has 5 rings (SSSR count). The number of rotatable bonds is 5. The van der Waals surface area contributed by atoms with E-state index in [-0.39, 0.29) is 16.8 Å². The first-order valence-electron chi connectivity index (χ1n) is 10.1. The molecule has 0 radical (unpaired) electrons. The van der Waals surface area contributed by atoms with Crippen molar-refractivity contribution in [3.8, 4) is 0 Å². The van der Waals surface area contributed by atoms with Crippen LogP contribution in [-0.4, -0.2) is 21.7 Å². The lowest BCUT2D eigenvalue weighted by atomic mass is 10.1.